The maximum Gasteiger partial charge on any atom is 0.163 e. The summed E-state index contributed by atoms with van der Waals surface area (Å²) in [5, 5.41) is 12.7. The molecular formula is C13H15ClN2O2. The lowest BCUT2D eigenvalue weighted by molar-refractivity contribution is -0.136. The Balaban J connectivity index is 2.00. The third-order valence-electron chi connectivity index (χ3n) is 2.71. The van der Waals surface area contributed by atoms with Crippen LogP contribution in [0.1, 0.15) is 19.4 Å². The molecule has 0 saturated carbocycles. The van der Waals surface area contributed by atoms with Crippen LogP contribution in [-0.2, 0) is 9.47 Å². The molecule has 0 spiro atoms. The smallest absolute Gasteiger partial charge is 0.163 e. The molecule has 1 unspecified atom stereocenters. The molecule has 0 aromatic heterocycles. The summed E-state index contributed by atoms with van der Waals surface area (Å²) < 4.78 is 11.1. The van der Waals surface area contributed by atoms with Crippen LogP contribution in [0.15, 0.2) is 18.2 Å². The number of halogens is 1. The molecule has 1 saturated heterocycles. The zero-order valence-corrected chi connectivity index (χ0v) is 11.1. The van der Waals surface area contributed by atoms with Gasteiger partial charge in [0.05, 0.1) is 22.9 Å². The third-order valence-corrected chi connectivity index (χ3v) is 3.03. The second kappa shape index (κ2) is 5.15. The largest absolute Gasteiger partial charge is 0.381 e. The number of ether oxygens (including phenoxy) is 2. The summed E-state index contributed by atoms with van der Waals surface area (Å²) in [6.45, 7) is 4.89. The topological polar surface area (TPSA) is 54.3 Å². The van der Waals surface area contributed by atoms with Gasteiger partial charge in [0.25, 0.3) is 0 Å². The van der Waals surface area contributed by atoms with Crippen LogP contribution < -0.4 is 5.32 Å². The summed E-state index contributed by atoms with van der Waals surface area (Å²) in [7, 11) is 0. The molecule has 96 valence electrons. The van der Waals surface area contributed by atoms with Gasteiger partial charge in [0.2, 0.25) is 0 Å². The minimum Gasteiger partial charge on any atom is -0.381 e. The van der Waals surface area contributed by atoms with Crippen LogP contribution in [0, 0.1) is 11.3 Å². The Labute approximate surface area is 111 Å². The monoisotopic (exact) mass is 266 g/mol. The van der Waals surface area contributed by atoms with Gasteiger partial charge in [-0.25, -0.2) is 0 Å². The lowest BCUT2D eigenvalue weighted by atomic mass is 10.2. The van der Waals surface area contributed by atoms with E-state index in [2.05, 4.69) is 11.4 Å². The van der Waals surface area contributed by atoms with Crippen LogP contribution in [0.3, 0.4) is 0 Å². The SMILES string of the molecule is CC1(C)OCC(CNc2cccc(Cl)c2C#N)O1. The Morgan fingerprint density at radius 1 is 1.56 bits per heavy atom. The first-order valence-electron chi connectivity index (χ1n) is 5.76. The van der Waals surface area contributed by atoms with Crippen LogP contribution in [0.2, 0.25) is 5.02 Å². The highest BCUT2D eigenvalue weighted by molar-refractivity contribution is 6.32. The first-order chi connectivity index (χ1) is 8.52. The van der Waals surface area contributed by atoms with Crippen molar-refractivity contribution in [3.05, 3.63) is 28.8 Å². The average molecular weight is 267 g/mol. The van der Waals surface area contributed by atoms with Crippen molar-refractivity contribution < 1.29 is 9.47 Å². The van der Waals surface area contributed by atoms with Crippen LogP contribution in [0.25, 0.3) is 0 Å². The number of rotatable bonds is 3. The molecule has 1 aliphatic heterocycles. The Morgan fingerprint density at radius 3 is 2.94 bits per heavy atom. The van der Waals surface area contributed by atoms with Gasteiger partial charge in [0, 0.05) is 6.54 Å². The molecule has 0 radical (unpaired) electrons. The average Bonchev–Trinajstić information content (AvgIpc) is 2.66. The van der Waals surface area contributed by atoms with Gasteiger partial charge in [-0.15, -0.1) is 0 Å². The van der Waals surface area contributed by atoms with Crippen molar-refractivity contribution in [3.63, 3.8) is 0 Å². The van der Waals surface area contributed by atoms with E-state index in [1.807, 2.05) is 19.9 Å². The highest BCUT2D eigenvalue weighted by Gasteiger charge is 2.32. The normalized spacial score (nSPS) is 21.6. The van der Waals surface area contributed by atoms with Crippen molar-refractivity contribution in [1.82, 2.24) is 0 Å². The van der Waals surface area contributed by atoms with Crippen molar-refractivity contribution in [2.45, 2.75) is 25.7 Å². The molecule has 1 N–H and O–H groups in total. The van der Waals surface area contributed by atoms with Gasteiger partial charge in [-0.1, -0.05) is 17.7 Å². The van der Waals surface area contributed by atoms with Crippen molar-refractivity contribution in [2.75, 3.05) is 18.5 Å². The van der Waals surface area contributed by atoms with Crippen molar-refractivity contribution in [2.24, 2.45) is 0 Å². The van der Waals surface area contributed by atoms with E-state index in [4.69, 9.17) is 26.3 Å². The Hall–Kier alpha value is -1.28. The van der Waals surface area contributed by atoms with Gasteiger partial charge in [0.1, 0.15) is 12.2 Å². The highest BCUT2D eigenvalue weighted by atomic mass is 35.5. The number of hydrogen-bond donors (Lipinski definition) is 1. The van der Waals surface area contributed by atoms with Crippen molar-refractivity contribution in [1.29, 1.82) is 5.26 Å². The quantitative estimate of drug-likeness (QED) is 0.914. The van der Waals surface area contributed by atoms with Gasteiger partial charge in [0.15, 0.2) is 5.79 Å². The van der Waals surface area contributed by atoms with E-state index in [0.29, 0.717) is 23.7 Å². The molecule has 1 aromatic rings. The van der Waals surface area contributed by atoms with Gasteiger partial charge >= 0.3 is 0 Å². The molecule has 1 fully saturated rings. The highest BCUT2D eigenvalue weighted by Crippen LogP contribution is 2.25. The zero-order valence-electron chi connectivity index (χ0n) is 10.4. The molecular weight excluding hydrogens is 252 g/mol. The van der Waals surface area contributed by atoms with E-state index < -0.39 is 5.79 Å². The fraction of sp³-hybridized carbons (Fsp3) is 0.462. The first-order valence-corrected chi connectivity index (χ1v) is 6.14. The maximum atomic E-state index is 9.04. The second-order valence-corrected chi connectivity index (χ2v) is 5.01. The van der Waals surface area contributed by atoms with Crippen LogP contribution in [0.4, 0.5) is 5.69 Å². The number of nitrogens with zero attached hydrogens (tertiary/aromatic N) is 1. The van der Waals surface area contributed by atoms with Crippen LogP contribution >= 0.6 is 11.6 Å². The first kappa shape index (κ1) is 13.2. The molecule has 1 aliphatic rings. The van der Waals surface area contributed by atoms with Gasteiger partial charge in [-0.3, -0.25) is 0 Å². The molecule has 2 rings (SSSR count). The molecule has 1 heterocycles. The summed E-state index contributed by atoms with van der Waals surface area (Å²) in [6, 6.07) is 7.42. The molecule has 0 amide bonds. The number of hydrogen-bond acceptors (Lipinski definition) is 4. The van der Waals surface area contributed by atoms with E-state index in [1.165, 1.54) is 0 Å². The minimum atomic E-state index is -0.529. The summed E-state index contributed by atoms with van der Waals surface area (Å²) in [5.41, 5.74) is 1.18. The predicted octanol–water partition coefficient (Wildman–Crippen LogP) is 2.78. The molecule has 0 bridgehead atoms. The number of benzene rings is 1. The fourth-order valence-electron chi connectivity index (χ4n) is 1.87. The summed E-state index contributed by atoms with van der Waals surface area (Å²) in [6.07, 6.45) is -0.0227. The number of anilines is 1. The van der Waals surface area contributed by atoms with Crippen molar-refractivity contribution in [3.8, 4) is 6.07 Å². The van der Waals surface area contributed by atoms with Gasteiger partial charge in [-0.05, 0) is 26.0 Å². The third kappa shape index (κ3) is 2.94. The lowest BCUT2D eigenvalue weighted by Crippen LogP contribution is -2.26. The molecule has 18 heavy (non-hydrogen) atoms. The number of nitrogens with one attached hydrogen (secondary N) is 1. The summed E-state index contributed by atoms with van der Waals surface area (Å²) in [4.78, 5) is 0. The molecule has 5 heteroatoms. The summed E-state index contributed by atoms with van der Waals surface area (Å²) >= 11 is 5.95. The van der Waals surface area contributed by atoms with Crippen molar-refractivity contribution >= 4 is 17.3 Å². The molecule has 1 aromatic carbocycles. The van der Waals surface area contributed by atoms with Crippen LogP contribution in [0.5, 0.6) is 0 Å². The van der Waals surface area contributed by atoms with E-state index in [0.717, 1.165) is 5.69 Å². The van der Waals surface area contributed by atoms with Gasteiger partial charge < -0.3 is 14.8 Å². The lowest BCUT2D eigenvalue weighted by Gasteiger charge is -2.18. The minimum absolute atomic E-state index is 0.0227. The van der Waals surface area contributed by atoms with E-state index in [-0.39, 0.29) is 6.10 Å². The standard InChI is InChI=1S/C13H15ClN2O2/c1-13(2)17-8-9(18-13)7-16-12-5-3-4-11(14)10(12)6-15/h3-5,9,16H,7-8H2,1-2H3. The number of nitriles is 1. The predicted molar refractivity (Wildman–Crippen MR) is 69.6 cm³/mol. The second-order valence-electron chi connectivity index (χ2n) is 4.61. The Kier molecular flexibility index (Phi) is 3.76. The Morgan fingerprint density at radius 2 is 2.33 bits per heavy atom. The molecule has 1 atom stereocenters. The summed E-state index contributed by atoms with van der Waals surface area (Å²) in [5.74, 6) is -0.529. The molecule has 0 aliphatic carbocycles. The maximum absolute atomic E-state index is 9.04. The van der Waals surface area contributed by atoms with E-state index >= 15 is 0 Å². The van der Waals surface area contributed by atoms with E-state index in [9.17, 15) is 0 Å². The van der Waals surface area contributed by atoms with Gasteiger partial charge in [-0.2, -0.15) is 5.26 Å². The molecule has 4 nitrogen and oxygen atoms in total. The zero-order chi connectivity index (χ0) is 13.2. The fourth-order valence-corrected chi connectivity index (χ4v) is 2.09. The van der Waals surface area contributed by atoms with E-state index in [1.54, 1.807) is 12.1 Å². The Bertz CT molecular complexity index is 482. The van der Waals surface area contributed by atoms with Crippen LogP contribution in [-0.4, -0.2) is 25.0 Å².